The highest BCUT2D eigenvalue weighted by Gasteiger charge is 2.07. The molecule has 0 aromatic heterocycles. The summed E-state index contributed by atoms with van der Waals surface area (Å²) in [4.78, 5) is 11.2. The Hall–Kier alpha value is -1.60. The first kappa shape index (κ1) is 13.5. The van der Waals surface area contributed by atoms with Gasteiger partial charge in [0, 0.05) is 12.1 Å². The number of benzene rings is 1. The molecule has 0 bridgehead atoms. The maximum Gasteiger partial charge on any atom is 0.296 e. The lowest BCUT2D eigenvalue weighted by atomic mass is 10.2. The van der Waals surface area contributed by atoms with Crippen LogP contribution in [0.5, 0.6) is 0 Å². The molecule has 7 heteroatoms. The molecule has 0 spiro atoms. The molecule has 4 N–H and O–H groups in total. The van der Waals surface area contributed by atoms with Crippen molar-refractivity contribution in [2.75, 3.05) is 10.0 Å². The second-order valence-corrected chi connectivity index (χ2v) is 4.87. The lowest BCUT2D eigenvalue weighted by Gasteiger charge is -2.10. The normalized spacial score (nSPS) is 11.0. The number of carbonyl (C=O) groups is 1. The first-order valence-corrected chi connectivity index (χ1v) is 6.57. The summed E-state index contributed by atoms with van der Waals surface area (Å²) in [6.45, 7) is 3.46. The molecule has 0 saturated carbocycles. The highest BCUT2D eigenvalue weighted by molar-refractivity contribution is 7.90. The Kier molecular flexibility index (Phi) is 4.08. The van der Waals surface area contributed by atoms with Crippen LogP contribution in [-0.4, -0.2) is 14.3 Å². The predicted molar refractivity (Wildman–Crippen MR) is 66.8 cm³/mol. The molecule has 0 heterocycles. The molecule has 6 nitrogen and oxygen atoms in total. The number of hydrogen-bond acceptors (Lipinski definition) is 3. The lowest BCUT2D eigenvalue weighted by Crippen LogP contribution is -2.22. The van der Waals surface area contributed by atoms with Crippen molar-refractivity contribution in [1.29, 1.82) is 0 Å². The van der Waals surface area contributed by atoms with Crippen LogP contribution >= 0.6 is 0 Å². The van der Waals surface area contributed by atoms with Crippen molar-refractivity contribution in [3.8, 4) is 0 Å². The summed E-state index contributed by atoms with van der Waals surface area (Å²) < 4.78 is 24.0. The molecule has 0 aliphatic heterocycles. The van der Waals surface area contributed by atoms with E-state index < -0.39 is 10.2 Å². The summed E-state index contributed by atoms with van der Waals surface area (Å²) in [5, 5.41) is 7.52. The topological polar surface area (TPSA) is 101 Å². The second kappa shape index (κ2) is 5.15. The molecule has 0 saturated heterocycles. The van der Waals surface area contributed by atoms with E-state index in [1.165, 1.54) is 6.07 Å². The van der Waals surface area contributed by atoms with Gasteiger partial charge in [-0.2, -0.15) is 8.42 Å². The molecule has 1 aromatic carbocycles. The van der Waals surface area contributed by atoms with Crippen molar-refractivity contribution in [1.82, 2.24) is 0 Å². The Labute approximate surface area is 100 Å². The van der Waals surface area contributed by atoms with Crippen molar-refractivity contribution in [2.45, 2.75) is 20.3 Å². The number of carbonyl (C=O) groups excluding carboxylic acids is 1. The number of hydrogen-bond donors (Lipinski definition) is 3. The van der Waals surface area contributed by atoms with E-state index in [4.69, 9.17) is 5.14 Å². The Bertz CT molecular complexity index is 526. The predicted octanol–water partition coefficient (Wildman–Crippen LogP) is 0.959. The van der Waals surface area contributed by atoms with E-state index in [-0.39, 0.29) is 5.91 Å². The number of aryl methyl sites for hydroxylation is 1. The third kappa shape index (κ3) is 4.41. The van der Waals surface area contributed by atoms with Gasteiger partial charge in [0.25, 0.3) is 10.2 Å². The van der Waals surface area contributed by atoms with Gasteiger partial charge in [0.2, 0.25) is 5.91 Å². The molecular weight excluding hydrogens is 242 g/mol. The summed E-state index contributed by atoms with van der Waals surface area (Å²) in [5.74, 6) is -0.143. The van der Waals surface area contributed by atoms with Crippen LogP contribution in [0.3, 0.4) is 0 Å². The molecule has 1 aromatic rings. The first-order valence-electron chi connectivity index (χ1n) is 5.03. The van der Waals surface area contributed by atoms with Crippen molar-refractivity contribution in [3.05, 3.63) is 23.8 Å². The van der Waals surface area contributed by atoms with Gasteiger partial charge in [-0.25, -0.2) is 5.14 Å². The van der Waals surface area contributed by atoms with Gasteiger partial charge in [-0.1, -0.05) is 13.0 Å². The van der Waals surface area contributed by atoms with Gasteiger partial charge in [0.05, 0.1) is 5.69 Å². The molecule has 1 amide bonds. The van der Waals surface area contributed by atoms with Gasteiger partial charge in [-0.15, -0.1) is 0 Å². The lowest BCUT2D eigenvalue weighted by molar-refractivity contribution is -0.115. The number of nitrogens with one attached hydrogen (secondary N) is 2. The van der Waals surface area contributed by atoms with Crippen molar-refractivity contribution < 1.29 is 13.2 Å². The quantitative estimate of drug-likeness (QED) is 0.748. The maximum absolute atomic E-state index is 11.2. The molecule has 0 radical (unpaired) electrons. The average molecular weight is 257 g/mol. The standard InChI is InChI=1S/C10H15N3O3S/c1-3-10(14)12-8-5-4-7(2)9(6-8)13-17(11,15)16/h4-6,13H,3H2,1-2H3,(H,12,14)(H2,11,15,16). The van der Waals surface area contributed by atoms with Crippen LogP contribution in [0.4, 0.5) is 11.4 Å². The summed E-state index contributed by atoms with van der Waals surface area (Å²) in [6, 6.07) is 4.91. The Balaban J connectivity index is 2.98. The van der Waals surface area contributed by atoms with Crippen LogP contribution < -0.4 is 15.2 Å². The van der Waals surface area contributed by atoms with Gasteiger partial charge in [0.1, 0.15) is 0 Å². The van der Waals surface area contributed by atoms with Crippen LogP contribution in [0.2, 0.25) is 0 Å². The summed E-state index contributed by atoms with van der Waals surface area (Å²) >= 11 is 0. The smallest absolute Gasteiger partial charge is 0.296 e. The molecule has 0 aliphatic rings. The van der Waals surface area contributed by atoms with E-state index in [0.717, 1.165) is 0 Å². The number of rotatable bonds is 4. The van der Waals surface area contributed by atoms with E-state index in [2.05, 4.69) is 10.0 Å². The van der Waals surface area contributed by atoms with Crippen LogP contribution in [0.1, 0.15) is 18.9 Å². The van der Waals surface area contributed by atoms with Gasteiger partial charge in [-0.05, 0) is 24.6 Å². The number of nitrogens with two attached hydrogens (primary N) is 1. The fourth-order valence-corrected chi connectivity index (χ4v) is 1.74. The highest BCUT2D eigenvalue weighted by Crippen LogP contribution is 2.20. The molecule has 0 atom stereocenters. The van der Waals surface area contributed by atoms with Crippen molar-refractivity contribution >= 4 is 27.5 Å². The van der Waals surface area contributed by atoms with E-state index >= 15 is 0 Å². The van der Waals surface area contributed by atoms with Crippen molar-refractivity contribution in [3.63, 3.8) is 0 Å². The Morgan fingerprint density at radius 3 is 2.59 bits per heavy atom. The summed E-state index contributed by atoms with van der Waals surface area (Å²) in [6.07, 6.45) is 0.353. The third-order valence-electron chi connectivity index (χ3n) is 2.09. The summed E-state index contributed by atoms with van der Waals surface area (Å²) in [7, 11) is -3.81. The zero-order valence-corrected chi connectivity index (χ0v) is 10.5. The zero-order valence-electron chi connectivity index (χ0n) is 9.65. The van der Waals surface area contributed by atoms with Gasteiger partial charge in [-0.3, -0.25) is 9.52 Å². The second-order valence-electron chi connectivity index (χ2n) is 3.58. The maximum atomic E-state index is 11.2. The zero-order chi connectivity index (χ0) is 13.1. The largest absolute Gasteiger partial charge is 0.326 e. The van der Waals surface area contributed by atoms with E-state index in [0.29, 0.717) is 23.4 Å². The molecule has 1 rings (SSSR count). The molecule has 17 heavy (non-hydrogen) atoms. The minimum absolute atomic E-state index is 0.143. The van der Waals surface area contributed by atoms with Gasteiger partial charge in [0.15, 0.2) is 0 Å². The minimum Gasteiger partial charge on any atom is -0.326 e. The number of amides is 1. The third-order valence-corrected chi connectivity index (χ3v) is 2.60. The van der Waals surface area contributed by atoms with Crippen LogP contribution in [0, 0.1) is 6.92 Å². The van der Waals surface area contributed by atoms with Crippen LogP contribution in [0.25, 0.3) is 0 Å². The molecule has 0 unspecified atom stereocenters. The monoisotopic (exact) mass is 257 g/mol. The van der Waals surface area contributed by atoms with Gasteiger partial charge >= 0.3 is 0 Å². The van der Waals surface area contributed by atoms with Crippen molar-refractivity contribution in [2.24, 2.45) is 5.14 Å². The molecule has 0 aliphatic carbocycles. The summed E-state index contributed by atoms with van der Waals surface area (Å²) in [5.41, 5.74) is 1.59. The van der Waals surface area contributed by atoms with Crippen LogP contribution in [0.15, 0.2) is 18.2 Å². The molecule has 0 fully saturated rings. The average Bonchev–Trinajstić information content (AvgIpc) is 2.21. The fourth-order valence-electron chi connectivity index (χ4n) is 1.21. The number of anilines is 2. The van der Waals surface area contributed by atoms with Gasteiger partial charge < -0.3 is 5.32 Å². The van der Waals surface area contributed by atoms with E-state index in [9.17, 15) is 13.2 Å². The fraction of sp³-hybridized carbons (Fsp3) is 0.300. The minimum atomic E-state index is -3.81. The molecule has 94 valence electrons. The van der Waals surface area contributed by atoms with E-state index in [1.807, 2.05) is 0 Å². The Morgan fingerprint density at radius 1 is 1.41 bits per heavy atom. The van der Waals surface area contributed by atoms with Crippen LogP contribution in [-0.2, 0) is 15.0 Å². The first-order chi connectivity index (χ1) is 7.81. The Morgan fingerprint density at radius 2 is 2.06 bits per heavy atom. The molecular formula is C10H15N3O3S. The SMILES string of the molecule is CCC(=O)Nc1ccc(C)c(NS(N)(=O)=O)c1. The van der Waals surface area contributed by atoms with E-state index in [1.54, 1.807) is 26.0 Å². The highest BCUT2D eigenvalue weighted by atomic mass is 32.2.